The number of phosphoric ester groups is 1. The van der Waals surface area contributed by atoms with Crippen LogP contribution in [0.4, 0.5) is 0 Å². The summed E-state index contributed by atoms with van der Waals surface area (Å²) < 4.78 is 21.9. The van der Waals surface area contributed by atoms with Crippen LogP contribution in [0, 0.1) is 6.92 Å². The predicted molar refractivity (Wildman–Crippen MR) is 134 cm³/mol. The molecule has 0 spiro atoms. The Labute approximate surface area is 198 Å². The summed E-state index contributed by atoms with van der Waals surface area (Å²) in [7, 11) is -4.48. The van der Waals surface area contributed by atoms with Gasteiger partial charge < -0.3 is 14.5 Å². The van der Waals surface area contributed by atoms with Crippen LogP contribution in [0.5, 0.6) is 5.75 Å². The van der Waals surface area contributed by atoms with Crippen LogP contribution < -0.4 is 4.74 Å². The molecular formula is C27H37O5P. The van der Waals surface area contributed by atoms with Crippen molar-refractivity contribution in [3.05, 3.63) is 63.7 Å². The summed E-state index contributed by atoms with van der Waals surface area (Å²) in [4.78, 5) is 17.8. The molecule has 0 fully saturated rings. The Bertz CT molecular complexity index is 1090. The highest BCUT2D eigenvalue weighted by Crippen LogP contribution is 2.52. The van der Waals surface area contributed by atoms with Crippen molar-refractivity contribution in [2.24, 2.45) is 0 Å². The molecule has 0 aromatic heterocycles. The SMILES string of the molecule is CCOc1c(C(C)=Cc2ccc(COP(=O)(O)O)cc2)c(C)cc2c1C(C)(C)CCC2(C)C. The van der Waals surface area contributed by atoms with Crippen LogP contribution in [-0.2, 0) is 26.5 Å². The first-order chi connectivity index (χ1) is 15.2. The average Bonchev–Trinajstić information content (AvgIpc) is 2.70. The van der Waals surface area contributed by atoms with E-state index in [9.17, 15) is 4.57 Å². The molecule has 0 aliphatic heterocycles. The maximum atomic E-state index is 10.9. The monoisotopic (exact) mass is 472 g/mol. The number of allylic oxidation sites excluding steroid dienone is 1. The lowest BCUT2D eigenvalue weighted by Crippen LogP contribution is -2.35. The van der Waals surface area contributed by atoms with Crippen molar-refractivity contribution < 1.29 is 23.6 Å². The lowest BCUT2D eigenvalue weighted by Gasteiger charge is -2.43. The molecule has 33 heavy (non-hydrogen) atoms. The van der Waals surface area contributed by atoms with Gasteiger partial charge in [-0.15, -0.1) is 0 Å². The lowest BCUT2D eigenvalue weighted by atomic mass is 9.62. The van der Waals surface area contributed by atoms with Crippen molar-refractivity contribution >= 4 is 19.5 Å². The Morgan fingerprint density at radius 3 is 2.27 bits per heavy atom. The number of benzene rings is 2. The second-order valence-electron chi connectivity index (χ2n) is 10.4. The average molecular weight is 473 g/mol. The third kappa shape index (κ3) is 5.78. The Kier molecular flexibility index (Phi) is 7.31. The Morgan fingerprint density at radius 1 is 1.09 bits per heavy atom. The third-order valence-corrected chi connectivity index (χ3v) is 7.17. The van der Waals surface area contributed by atoms with E-state index in [1.807, 2.05) is 31.2 Å². The predicted octanol–water partition coefficient (Wildman–Crippen LogP) is 6.91. The number of fused-ring (bicyclic) bond motifs is 1. The van der Waals surface area contributed by atoms with E-state index in [1.54, 1.807) is 0 Å². The van der Waals surface area contributed by atoms with E-state index in [0.29, 0.717) is 12.2 Å². The van der Waals surface area contributed by atoms with Crippen molar-refractivity contribution in [2.45, 2.75) is 78.7 Å². The number of rotatable bonds is 7. The number of hydrogen-bond donors (Lipinski definition) is 2. The van der Waals surface area contributed by atoms with Gasteiger partial charge in [0.15, 0.2) is 0 Å². The van der Waals surface area contributed by atoms with Crippen LogP contribution in [0.2, 0.25) is 0 Å². The Balaban J connectivity index is 2.05. The molecule has 0 atom stereocenters. The zero-order valence-corrected chi connectivity index (χ0v) is 21.8. The molecule has 6 heteroatoms. The molecule has 0 amide bonds. The van der Waals surface area contributed by atoms with Crippen molar-refractivity contribution in [3.8, 4) is 5.75 Å². The molecule has 0 saturated carbocycles. The molecule has 1 aliphatic rings. The largest absolute Gasteiger partial charge is 0.493 e. The Morgan fingerprint density at radius 2 is 1.70 bits per heavy atom. The number of phosphoric acid groups is 1. The second-order valence-corrected chi connectivity index (χ2v) is 11.6. The summed E-state index contributed by atoms with van der Waals surface area (Å²) >= 11 is 0. The van der Waals surface area contributed by atoms with E-state index in [1.165, 1.54) is 16.7 Å². The molecular weight excluding hydrogens is 435 g/mol. The zero-order chi connectivity index (χ0) is 24.6. The molecule has 0 unspecified atom stereocenters. The molecule has 5 nitrogen and oxygen atoms in total. The van der Waals surface area contributed by atoms with E-state index in [4.69, 9.17) is 14.5 Å². The van der Waals surface area contributed by atoms with Gasteiger partial charge in [0.2, 0.25) is 0 Å². The van der Waals surface area contributed by atoms with Gasteiger partial charge in [0.05, 0.1) is 13.2 Å². The smallest absolute Gasteiger partial charge is 0.469 e. The van der Waals surface area contributed by atoms with Crippen LogP contribution in [0.15, 0.2) is 30.3 Å². The molecule has 3 rings (SSSR count). The first-order valence-corrected chi connectivity index (χ1v) is 13.1. The van der Waals surface area contributed by atoms with Crippen LogP contribution in [0.3, 0.4) is 0 Å². The lowest BCUT2D eigenvalue weighted by molar-refractivity contribution is 0.189. The fourth-order valence-corrected chi connectivity index (χ4v) is 5.16. The van der Waals surface area contributed by atoms with E-state index in [-0.39, 0.29) is 17.4 Å². The molecule has 1 aliphatic carbocycles. The van der Waals surface area contributed by atoms with Gasteiger partial charge in [-0.2, -0.15) is 0 Å². The summed E-state index contributed by atoms with van der Waals surface area (Å²) in [6.45, 7) is 16.1. The molecule has 2 aromatic carbocycles. The van der Waals surface area contributed by atoms with E-state index >= 15 is 0 Å². The third-order valence-electron chi connectivity index (χ3n) is 6.70. The van der Waals surface area contributed by atoms with Crippen molar-refractivity contribution in [2.75, 3.05) is 6.61 Å². The number of aryl methyl sites for hydroxylation is 1. The first-order valence-electron chi connectivity index (χ1n) is 11.5. The molecule has 2 aromatic rings. The van der Waals surface area contributed by atoms with E-state index < -0.39 is 7.82 Å². The van der Waals surface area contributed by atoms with Gasteiger partial charge in [0.1, 0.15) is 5.75 Å². The fourth-order valence-electron chi connectivity index (χ4n) is 4.85. The van der Waals surface area contributed by atoms with Crippen LogP contribution in [-0.4, -0.2) is 16.4 Å². The molecule has 0 heterocycles. The molecule has 0 saturated heterocycles. The highest BCUT2D eigenvalue weighted by molar-refractivity contribution is 7.46. The minimum Gasteiger partial charge on any atom is -0.493 e. The Hall–Kier alpha value is -1.91. The highest BCUT2D eigenvalue weighted by atomic mass is 31.2. The molecule has 180 valence electrons. The maximum Gasteiger partial charge on any atom is 0.469 e. The molecule has 0 bridgehead atoms. The van der Waals surface area contributed by atoms with E-state index in [0.717, 1.165) is 35.3 Å². The standard InChI is InChI=1S/C27H37O5P/c1-8-31-25-23(19(3)16-22-24(25)27(6,7)14-13-26(22,4)5)18(2)15-20-9-11-21(12-10-20)17-32-33(28,29)30/h9-12,15-16H,8,13-14,17H2,1-7H3,(H2,28,29,30). The maximum absolute atomic E-state index is 10.9. The van der Waals surface area contributed by atoms with Crippen LogP contribution in [0.25, 0.3) is 11.6 Å². The van der Waals surface area contributed by atoms with Crippen molar-refractivity contribution in [1.82, 2.24) is 0 Å². The van der Waals surface area contributed by atoms with Crippen molar-refractivity contribution in [3.63, 3.8) is 0 Å². The van der Waals surface area contributed by atoms with Gasteiger partial charge >= 0.3 is 7.82 Å². The summed E-state index contributed by atoms with van der Waals surface area (Å²) in [5.74, 6) is 1.01. The minimum absolute atomic E-state index is 0.0403. The zero-order valence-electron chi connectivity index (χ0n) is 20.9. The number of ether oxygens (including phenoxy) is 1. The van der Waals surface area contributed by atoms with Gasteiger partial charge in [0.25, 0.3) is 0 Å². The normalized spacial score (nSPS) is 17.5. The number of hydrogen-bond acceptors (Lipinski definition) is 3. The first kappa shape index (κ1) is 25.7. The van der Waals surface area contributed by atoms with Gasteiger partial charge in [-0.25, -0.2) is 4.57 Å². The molecule has 0 radical (unpaired) electrons. The van der Waals surface area contributed by atoms with Gasteiger partial charge in [0, 0.05) is 11.1 Å². The minimum atomic E-state index is -4.48. The fraction of sp³-hybridized carbons (Fsp3) is 0.481. The summed E-state index contributed by atoms with van der Waals surface area (Å²) in [5, 5.41) is 0. The van der Waals surface area contributed by atoms with Gasteiger partial charge in [-0.1, -0.05) is 64.1 Å². The summed E-state index contributed by atoms with van der Waals surface area (Å²) in [5.41, 5.74) is 8.07. The summed E-state index contributed by atoms with van der Waals surface area (Å²) in [6.07, 6.45) is 4.41. The van der Waals surface area contributed by atoms with Gasteiger partial charge in [-0.3, -0.25) is 4.52 Å². The topological polar surface area (TPSA) is 76.0 Å². The van der Waals surface area contributed by atoms with E-state index in [2.05, 4.69) is 58.2 Å². The summed E-state index contributed by atoms with van der Waals surface area (Å²) in [6, 6.07) is 9.87. The molecule has 2 N–H and O–H groups in total. The highest BCUT2D eigenvalue weighted by Gasteiger charge is 2.40. The van der Waals surface area contributed by atoms with Crippen molar-refractivity contribution in [1.29, 1.82) is 0 Å². The second kappa shape index (κ2) is 9.38. The van der Waals surface area contributed by atoms with Gasteiger partial charge in [-0.05, 0) is 72.3 Å². The quantitative estimate of drug-likeness (QED) is 0.338. The van der Waals surface area contributed by atoms with Crippen LogP contribution >= 0.6 is 7.82 Å². The van der Waals surface area contributed by atoms with Crippen LogP contribution in [0.1, 0.15) is 87.8 Å².